The van der Waals surface area contributed by atoms with Crippen LogP contribution in [0.1, 0.15) is 13.8 Å². The minimum absolute atomic E-state index is 0.0150. The number of urea groups is 1. The molecule has 2 amide bonds. The molecule has 1 fully saturated rings. The molecule has 128 valence electrons. The van der Waals surface area contributed by atoms with Crippen molar-refractivity contribution in [3.63, 3.8) is 0 Å². The molecule has 1 aromatic carbocycles. The summed E-state index contributed by atoms with van der Waals surface area (Å²) in [5.41, 5.74) is 1.59. The molecule has 1 aromatic rings. The fraction of sp³-hybridized carbons (Fsp3) is 0.562. The Morgan fingerprint density at radius 1 is 1.39 bits per heavy atom. The molecule has 23 heavy (non-hydrogen) atoms. The molecule has 6 nitrogen and oxygen atoms in total. The van der Waals surface area contributed by atoms with Crippen molar-refractivity contribution in [1.29, 1.82) is 0 Å². The van der Waals surface area contributed by atoms with E-state index in [4.69, 9.17) is 21.4 Å². The van der Waals surface area contributed by atoms with Crippen LogP contribution in [0.4, 0.5) is 16.2 Å². The molecule has 0 bridgehead atoms. The lowest BCUT2D eigenvalue weighted by Crippen LogP contribution is -2.41. The topological polar surface area (TPSA) is 73.8 Å². The highest BCUT2D eigenvalue weighted by Crippen LogP contribution is 2.29. The standard InChI is InChI=1S/C16H24ClN3O3/c1-11(10-21)12(2)18-16(22)19-14-9-13(17)3-4-15(14)20-5-7-23-8-6-20/h3-4,9,11-12,21H,5-8,10H2,1-2H3,(H2,18,19,22). The van der Waals surface area contributed by atoms with Crippen LogP contribution in [0.15, 0.2) is 18.2 Å². The maximum absolute atomic E-state index is 12.2. The first-order valence-electron chi connectivity index (χ1n) is 7.82. The number of amides is 2. The van der Waals surface area contributed by atoms with Crippen molar-refractivity contribution >= 4 is 29.0 Å². The van der Waals surface area contributed by atoms with Crippen LogP contribution in [0.25, 0.3) is 0 Å². The van der Waals surface area contributed by atoms with Crippen LogP contribution in [0.5, 0.6) is 0 Å². The summed E-state index contributed by atoms with van der Waals surface area (Å²) in [7, 11) is 0. The Morgan fingerprint density at radius 3 is 2.74 bits per heavy atom. The van der Waals surface area contributed by atoms with Crippen molar-refractivity contribution in [2.75, 3.05) is 43.1 Å². The summed E-state index contributed by atoms with van der Waals surface area (Å²) in [4.78, 5) is 14.4. The van der Waals surface area contributed by atoms with Crippen LogP contribution in [0.2, 0.25) is 5.02 Å². The third-order valence-corrected chi connectivity index (χ3v) is 4.29. The van der Waals surface area contributed by atoms with Gasteiger partial charge >= 0.3 is 6.03 Å². The molecule has 2 rings (SSSR count). The van der Waals surface area contributed by atoms with Gasteiger partial charge in [0.2, 0.25) is 0 Å². The van der Waals surface area contributed by atoms with E-state index in [0.29, 0.717) is 23.9 Å². The summed E-state index contributed by atoms with van der Waals surface area (Å²) >= 11 is 6.07. The lowest BCUT2D eigenvalue weighted by molar-refractivity contribution is 0.123. The predicted octanol–water partition coefficient (Wildman–Crippen LogP) is 2.32. The normalized spacial score (nSPS) is 17.5. The molecule has 2 atom stereocenters. The summed E-state index contributed by atoms with van der Waals surface area (Å²) in [5.74, 6) is -0.0150. The quantitative estimate of drug-likeness (QED) is 0.768. The highest BCUT2D eigenvalue weighted by molar-refractivity contribution is 6.31. The van der Waals surface area contributed by atoms with E-state index >= 15 is 0 Å². The van der Waals surface area contributed by atoms with Gasteiger partial charge in [-0.3, -0.25) is 0 Å². The van der Waals surface area contributed by atoms with E-state index in [0.717, 1.165) is 18.8 Å². The highest BCUT2D eigenvalue weighted by atomic mass is 35.5. The third kappa shape index (κ3) is 4.99. The lowest BCUT2D eigenvalue weighted by atomic mass is 10.1. The first kappa shape index (κ1) is 17.8. The van der Waals surface area contributed by atoms with Gasteiger partial charge in [-0.05, 0) is 31.0 Å². The van der Waals surface area contributed by atoms with E-state index in [1.807, 2.05) is 26.0 Å². The Balaban J connectivity index is 2.08. The van der Waals surface area contributed by atoms with E-state index in [1.54, 1.807) is 6.07 Å². The monoisotopic (exact) mass is 341 g/mol. The van der Waals surface area contributed by atoms with Crippen LogP contribution in [0, 0.1) is 5.92 Å². The number of nitrogens with zero attached hydrogens (tertiary/aromatic N) is 1. The molecule has 7 heteroatoms. The Kier molecular flexibility index (Phi) is 6.50. The number of carbonyl (C=O) groups is 1. The zero-order chi connectivity index (χ0) is 16.8. The minimum atomic E-state index is -0.311. The summed E-state index contributed by atoms with van der Waals surface area (Å²) in [6.45, 7) is 6.65. The van der Waals surface area contributed by atoms with Gasteiger partial charge < -0.3 is 25.4 Å². The Morgan fingerprint density at radius 2 is 2.09 bits per heavy atom. The fourth-order valence-electron chi connectivity index (χ4n) is 2.35. The number of hydrogen-bond donors (Lipinski definition) is 3. The highest BCUT2D eigenvalue weighted by Gasteiger charge is 2.18. The van der Waals surface area contributed by atoms with Crippen molar-refractivity contribution in [2.24, 2.45) is 5.92 Å². The molecule has 1 heterocycles. The van der Waals surface area contributed by atoms with Gasteiger partial charge in [-0.1, -0.05) is 18.5 Å². The van der Waals surface area contributed by atoms with Gasteiger partial charge in [0.25, 0.3) is 0 Å². The SMILES string of the molecule is CC(CO)C(C)NC(=O)Nc1cc(Cl)ccc1N1CCOCC1. The molecule has 1 aliphatic rings. The van der Waals surface area contributed by atoms with Crippen molar-refractivity contribution in [3.05, 3.63) is 23.2 Å². The van der Waals surface area contributed by atoms with Crippen LogP contribution < -0.4 is 15.5 Å². The van der Waals surface area contributed by atoms with Crippen LogP contribution >= 0.6 is 11.6 Å². The molecule has 3 N–H and O–H groups in total. The van der Waals surface area contributed by atoms with Gasteiger partial charge in [-0.2, -0.15) is 0 Å². The second-order valence-electron chi connectivity index (χ2n) is 5.81. The number of hydrogen-bond acceptors (Lipinski definition) is 4. The first-order chi connectivity index (χ1) is 11.0. The van der Waals surface area contributed by atoms with Crippen molar-refractivity contribution in [3.8, 4) is 0 Å². The molecule has 0 aromatic heterocycles. The molecular formula is C16H24ClN3O3. The number of rotatable bonds is 5. The van der Waals surface area contributed by atoms with E-state index < -0.39 is 0 Å². The van der Waals surface area contributed by atoms with Crippen molar-refractivity contribution in [1.82, 2.24) is 5.32 Å². The van der Waals surface area contributed by atoms with Gasteiger partial charge in [0.1, 0.15) is 0 Å². The summed E-state index contributed by atoms with van der Waals surface area (Å²) < 4.78 is 5.37. The van der Waals surface area contributed by atoms with E-state index in [1.165, 1.54) is 0 Å². The molecule has 0 aliphatic carbocycles. The fourth-order valence-corrected chi connectivity index (χ4v) is 2.53. The average molecular weight is 342 g/mol. The number of ether oxygens (including phenoxy) is 1. The maximum atomic E-state index is 12.2. The van der Waals surface area contributed by atoms with Gasteiger partial charge in [0.15, 0.2) is 0 Å². The van der Waals surface area contributed by atoms with Gasteiger partial charge in [-0.25, -0.2) is 4.79 Å². The smallest absolute Gasteiger partial charge is 0.319 e. The molecular weight excluding hydrogens is 318 g/mol. The van der Waals surface area contributed by atoms with Gasteiger partial charge in [0, 0.05) is 30.8 Å². The zero-order valence-electron chi connectivity index (χ0n) is 13.5. The number of benzene rings is 1. The molecule has 1 aliphatic heterocycles. The van der Waals surface area contributed by atoms with Gasteiger partial charge in [0.05, 0.1) is 24.6 Å². The number of anilines is 2. The summed E-state index contributed by atoms with van der Waals surface area (Å²) in [5, 5.41) is 15.4. The predicted molar refractivity (Wildman–Crippen MR) is 92.4 cm³/mol. The largest absolute Gasteiger partial charge is 0.396 e. The molecule has 1 saturated heterocycles. The Bertz CT molecular complexity index is 535. The van der Waals surface area contributed by atoms with Crippen LogP contribution in [-0.4, -0.2) is 50.1 Å². The zero-order valence-corrected chi connectivity index (χ0v) is 14.3. The second-order valence-corrected chi connectivity index (χ2v) is 6.24. The number of halogens is 1. The summed E-state index contributed by atoms with van der Waals surface area (Å²) in [6.07, 6.45) is 0. The number of carbonyl (C=O) groups excluding carboxylic acids is 1. The third-order valence-electron chi connectivity index (χ3n) is 4.06. The Hall–Kier alpha value is -1.50. The average Bonchev–Trinajstić information content (AvgIpc) is 2.54. The van der Waals surface area contributed by atoms with E-state index in [2.05, 4.69) is 15.5 Å². The molecule has 0 spiro atoms. The minimum Gasteiger partial charge on any atom is -0.396 e. The lowest BCUT2D eigenvalue weighted by Gasteiger charge is -2.30. The maximum Gasteiger partial charge on any atom is 0.319 e. The van der Waals surface area contributed by atoms with Crippen molar-refractivity contribution in [2.45, 2.75) is 19.9 Å². The van der Waals surface area contributed by atoms with E-state index in [9.17, 15) is 4.79 Å². The molecule has 0 radical (unpaired) electrons. The second kappa shape index (κ2) is 8.38. The van der Waals surface area contributed by atoms with Gasteiger partial charge in [-0.15, -0.1) is 0 Å². The van der Waals surface area contributed by atoms with Crippen LogP contribution in [-0.2, 0) is 4.74 Å². The van der Waals surface area contributed by atoms with Crippen molar-refractivity contribution < 1.29 is 14.6 Å². The summed E-state index contributed by atoms with van der Waals surface area (Å²) in [6, 6.07) is 5.02. The number of morpholine rings is 1. The molecule has 0 saturated carbocycles. The Labute approximate surface area is 141 Å². The first-order valence-corrected chi connectivity index (χ1v) is 8.19. The number of nitrogens with one attached hydrogen (secondary N) is 2. The van der Waals surface area contributed by atoms with Crippen LogP contribution in [0.3, 0.4) is 0 Å². The molecule has 2 unspecified atom stereocenters. The number of aliphatic hydroxyl groups is 1. The number of aliphatic hydroxyl groups excluding tert-OH is 1. The van der Waals surface area contributed by atoms with E-state index in [-0.39, 0.29) is 24.6 Å².